The summed E-state index contributed by atoms with van der Waals surface area (Å²) in [6, 6.07) is 5.45. The van der Waals surface area contributed by atoms with Crippen LogP contribution in [-0.4, -0.2) is 9.97 Å². The molecule has 0 atom stereocenters. The lowest BCUT2D eigenvalue weighted by atomic mass is 10.3. The van der Waals surface area contributed by atoms with Gasteiger partial charge in [-0.2, -0.15) is 0 Å². The molecule has 2 aromatic rings. The molecule has 0 aliphatic heterocycles. The van der Waals surface area contributed by atoms with Crippen LogP contribution in [0.2, 0.25) is 0 Å². The van der Waals surface area contributed by atoms with E-state index in [1.165, 1.54) is 11.3 Å². The van der Waals surface area contributed by atoms with Gasteiger partial charge in [0, 0.05) is 6.20 Å². The fourth-order valence-corrected chi connectivity index (χ4v) is 1.95. The molecule has 4 N–H and O–H groups in total. The number of nitrogens with zero attached hydrogens (tertiary/aromatic N) is 2. The largest absolute Gasteiger partial charge is 0.384 e. The van der Waals surface area contributed by atoms with Crippen LogP contribution < -0.4 is 11.6 Å². The molecule has 6 heteroatoms. The molecule has 5 nitrogen and oxygen atoms in total. The van der Waals surface area contributed by atoms with Gasteiger partial charge in [0.15, 0.2) is 0 Å². The second kappa shape index (κ2) is 4.35. The van der Waals surface area contributed by atoms with Gasteiger partial charge < -0.3 is 5.73 Å². The van der Waals surface area contributed by atoms with E-state index in [1.807, 2.05) is 12.1 Å². The molecule has 2 rings (SSSR count). The molecule has 2 aromatic heterocycles. The van der Waals surface area contributed by atoms with Crippen molar-refractivity contribution in [3.8, 4) is 10.7 Å². The normalized spacial score (nSPS) is 10.5. The van der Waals surface area contributed by atoms with Gasteiger partial charge in [0.25, 0.3) is 0 Å². The first kappa shape index (κ1) is 10.0. The summed E-state index contributed by atoms with van der Waals surface area (Å²) in [5, 5.41) is 0.814. The molecule has 0 aliphatic carbocycles. The van der Waals surface area contributed by atoms with E-state index in [1.54, 1.807) is 12.3 Å². The van der Waals surface area contributed by atoms with Crippen LogP contribution in [0.4, 0.5) is 5.82 Å². The van der Waals surface area contributed by atoms with Crippen molar-refractivity contribution < 1.29 is 4.84 Å². The highest BCUT2D eigenvalue weighted by atomic mass is 32.1. The van der Waals surface area contributed by atoms with Gasteiger partial charge >= 0.3 is 0 Å². The van der Waals surface area contributed by atoms with E-state index in [-0.39, 0.29) is 0 Å². The predicted molar refractivity (Wildman–Crippen MR) is 58.7 cm³/mol. The van der Waals surface area contributed by atoms with Crippen molar-refractivity contribution >= 4 is 17.2 Å². The van der Waals surface area contributed by atoms with E-state index in [2.05, 4.69) is 14.8 Å². The number of aromatic nitrogens is 2. The van der Waals surface area contributed by atoms with Crippen LogP contribution in [0.25, 0.3) is 10.7 Å². The summed E-state index contributed by atoms with van der Waals surface area (Å²) in [4.78, 5) is 13.9. The Morgan fingerprint density at radius 1 is 1.40 bits per heavy atom. The molecule has 0 bridgehead atoms. The zero-order chi connectivity index (χ0) is 10.7. The molecular formula is C9H10N4OS. The van der Waals surface area contributed by atoms with E-state index in [9.17, 15) is 0 Å². The van der Waals surface area contributed by atoms with Gasteiger partial charge in [0.1, 0.15) is 23.1 Å². The fraction of sp³-hybridized carbons (Fsp3) is 0.111. The highest BCUT2D eigenvalue weighted by Gasteiger charge is 2.05. The standard InChI is InChI=1S/C9H10N4OS/c10-8-3-1-2-7(13-8)9-12-4-6(15-9)5-14-11/h1-4H,5,11H2,(H2,10,13). The van der Waals surface area contributed by atoms with Crippen LogP contribution in [0.3, 0.4) is 0 Å². The SMILES string of the molecule is NOCc1cnc(-c2cccc(N)n2)s1. The first-order valence-corrected chi connectivity index (χ1v) is 5.10. The van der Waals surface area contributed by atoms with Crippen LogP contribution in [0, 0.1) is 0 Å². The van der Waals surface area contributed by atoms with Crippen molar-refractivity contribution in [1.82, 2.24) is 9.97 Å². The fourth-order valence-electron chi connectivity index (χ4n) is 1.15. The summed E-state index contributed by atoms with van der Waals surface area (Å²) in [6.07, 6.45) is 1.72. The van der Waals surface area contributed by atoms with Crippen molar-refractivity contribution in [2.75, 3.05) is 5.73 Å². The van der Waals surface area contributed by atoms with Crippen molar-refractivity contribution in [2.24, 2.45) is 5.90 Å². The van der Waals surface area contributed by atoms with Gasteiger partial charge in [0.2, 0.25) is 0 Å². The summed E-state index contributed by atoms with van der Waals surface area (Å²) in [5.74, 6) is 5.46. The topological polar surface area (TPSA) is 87.0 Å². The van der Waals surface area contributed by atoms with Crippen molar-refractivity contribution in [3.05, 3.63) is 29.3 Å². The zero-order valence-corrected chi connectivity index (χ0v) is 8.70. The quantitative estimate of drug-likeness (QED) is 0.761. The molecule has 15 heavy (non-hydrogen) atoms. The molecule has 0 saturated heterocycles. The number of nitrogens with two attached hydrogens (primary N) is 2. The van der Waals surface area contributed by atoms with Crippen molar-refractivity contribution in [2.45, 2.75) is 6.61 Å². The lowest BCUT2D eigenvalue weighted by Crippen LogP contribution is -1.96. The first-order chi connectivity index (χ1) is 7.29. The second-order valence-corrected chi connectivity index (χ2v) is 4.01. The second-order valence-electron chi connectivity index (χ2n) is 2.89. The molecular weight excluding hydrogens is 212 g/mol. The lowest BCUT2D eigenvalue weighted by Gasteiger charge is -1.96. The lowest BCUT2D eigenvalue weighted by molar-refractivity contribution is 0.126. The number of rotatable bonds is 3. The molecule has 0 fully saturated rings. The van der Waals surface area contributed by atoms with Gasteiger partial charge in [-0.3, -0.25) is 4.84 Å². The van der Waals surface area contributed by atoms with Crippen LogP contribution in [-0.2, 0) is 11.4 Å². The first-order valence-electron chi connectivity index (χ1n) is 4.29. The average molecular weight is 222 g/mol. The van der Waals surface area contributed by atoms with E-state index in [0.717, 1.165) is 15.6 Å². The number of hydrogen-bond donors (Lipinski definition) is 2. The number of thiazole rings is 1. The summed E-state index contributed by atoms with van der Waals surface area (Å²) in [6.45, 7) is 0.361. The van der Waals surface area contributed by atoms with Crippen molar-refractivity contribution in [3.63, 3.8) is 0 Å². The molecule has 0 aromatic carbocycles. The van der Waals surface area contributed by atoms with E-state index >= 15 is 0 Å². The molecule has 0 amide bonds. The van der Waals surface area contributed by atoms with E-state index in [4.69, 9.17) is 11.6 Å². The zero-order valence-electron chi connectivity index (χ0n) is 7.88. The van der Waals surface area contributed by atoms with E-state index < -0.39 is 0 Å². The molecule has 0 radical (unpaired) electrons. The average Bonchev–Trinajstić information content (AvgIpc) is 2.67. The molecule has 78 valence electrons. The predicted octanol–water partition coefficient (Wildman–Crippen LogP) is 1.18. The summed E-state index contributed by atoms with van der Waals surface area (Å²) in [7, 11) is 0. The van der Waals surface area contributed by atoms with Crippen LogP contribution >= 0.6 is 11.3 Å². The Hall–Kier alpha value is -1.50. The third-order valence-electron chi connectivity index (χ3n) is 1.77. The third kappa shape index (κ3) is 2.30. The van der Waals surface area contributed by atoms with Crippen molar-refractivity contribution in [1.29, 1.82) is 0 Å². The molecule has 2 heterocycles. The van der Waals surface area contributed by atoms with Crippen LogP contribution in [0.1, 0.15) is 4.88 Å². The van der Waals surface area contributed by atoms with Gasteiger partial charge in [-0.25, -0.2) is 15.9 Å². The summed E-state index contributed by atoms with van der Waals surface area (Å²) in [5.41, 5.74) is 6.35. The highest BCUT2D eigenvalue weighted by molar-refractivity contribution is 7.14. The minimum absolute atomic E-state index is 0.361. The molecule has 0 spiro atoms. The Kier molecular flexibility index (Phi) is 2.91. The monoisotopic (exact) mass is 222 g/mol. The smallest absolute Gasteiger partial charge is 0.142 e. The summed E-state index contributed by atoms with van der Waals surface area (Å²) < 4.78 is 0. The van der Waals surface area contributed by atoms with Gasteiger partial charge in [-0.1, -0.05) is 6.07 Å². The van der Waals surface area contributed by atoms with Gasteiger partial charge in [0.05, 0.1) is 4.88 Å². The van der Waals surface area contributed by atoms with Gasteiger partial charge in [-0.05, 0) is 12.1 Å². The Balaban J connectivity index is 2.29. The van der Waals surface area contributed by atoms with E-state index in [0.29, 0.717) is 12.4 Å². The van der Waals surface area contributed by atoms with Crippen LogP contribution in [0.15, 0.2) is 24.4 Å². The highest BCUT2D eigenvalue weighted by Crippen LogP contribution is 2.24. The number of nitrogen functional groups attached to an aromatic ring is 1. The maximum Gasteiger partial charge on any atom is 0.142 e. The Labute approximate surface area is 90.7 Å². The Morgan fingerprint density at radius 2 is 2.27 bits per heavy atom. The maximum atomic E-state index is 5.58. The summed E-state index contributed by atoms with van der Waals surface area (Å²) >= 11 is 1.49. The number of anilines is 1. The van der Waals surface area contributed by atoms with Gasteiger partial charge in [-0.15, -0.1) is 11.3 Å². The third-order valence-corrected chi connectivity index (χ3v) is 2.76. The number of hydrogen-bond acceptors (Lipinski definition) is 6. The minimum Gasteiger partial charge on any atom is -0.384 e. The molecule has 0 unspecified atom stereocenters. The minimum atomic E-state index is 0.361. The maximum absolute atomic E-state index is 5.58. The number of pyridine rings is 1. The van der Waals surface area contributed by atoms with Crippen LogP contribution in [0.5, 0.6) is 0 Å². The molecule has 0 aliphatic rings. The molecule has 0 saturated carbocycles. The Morgan fingerprint density at radius 3 is 3.00 bits per heavy atom. The Bertz CT molecular complexity index is 457.